The summed E-state index contributed by atoms with van der Waals surface area (Å²) < 4.78 is 4.81. The minimum Gasteiger partial charge on any atom is -0.469 e. The van der Waals surface area contributed by atoms with E-state index in [9.17, 15) is 9.59 Å². The fraction of sp³-hybridized carbons (Fsp3) is 0.600. The summed E-state index contributed by atoms with van der Waals surface area (Å²) >= 11 is 0. The standard InChI is InChI=1S/C20H32N2O3/c1-6-21(7-2)13-8-14-22(15-17(4)20(24)25-5)19(23)18-11-9-16(3)10-12-18/h9-12,17H,6-8,13-15H2,1-5H3. The van der Waals surface area contributed by atoms with Crippen molar-refractivity contribution in [2.24, 2.45) is 5.92 Å². The van der Waals surface area contributed by atoms with E-state index < -0.39 is 0 Å². The van der Waals surface area contributed by atoms with E-state index in [0.717, 1.165) is 31.6 Å². The maximum Gasteiger partial charge on any atom is 0.310 e. The van der Waals surface area contributed by atoms with Crippen molar-refractivity contribution in [3.8, 4) is 0 Å². The van der Waals surface area contributed by atoms with Gasteiger partial charge in [0, 0.05) is 18.7 Å². The topological polar surface area (TPSA) is 49.9 Å². The van der Waals surface area contributed by atoms with Gasteiger partial charge in [0.05, 0.1) is 13.0 Å². The van der Waals surface area contributed by atoms with Gasteiger partial charge in [-0.05, 0) is 45.1 Å². The van der Waals surface area contributed by atoms with Gasteiger partial charge in [0.25, 0.3) is 5.91 Å². The number of benzene rings is 1. The molecule has 0 aromatic heterocycles. The van der Waals surface area contributed by atoms with Crippen LogP contribution in [-0.4, -0.2) is 61.5 Å². The smallest absolute Gasteiger partial charge is 0.310 e. The predicted octanol–water partition coefficient (Wildman–Crippen LogP) is 2.98. The lowest BCUT2D eigenvalue weighted by Crippen LogP contribution is -2.39. The molecule has 140 valence electrons. The number of rotatable bonds is 10. The van der Waals surface area contributed by atoms with Gasteiger partial charge in [0.15, 0.2) is 0 Å². The first-order valence-electron chi connectivity index (χ1n) is 9.09. The number of aryl methyl sites for hydroxylation is 1. The highest BCUT2D eigenvalue weighted by molar-refractivity contribution is 5.94. The number of carbonyl (C=O) groups is 2. The van der Waals surface area contributed by atoms with Crippen LogP contribution in [0.15, 0.2) is 24.3 Å². The minimum absolute atomic E-state index is 0.0321. The third kappa shape index (κ3) is 6.86. The zero-order valence-corrected chi connectivity index (χ0v) is 16.2. The molecule has 0 aliphatic heterocycles. The zero-order valence-electron chi connectivity index (χ0n) is 16.2. The zero-order chi connectivity index (χ0) is 18.8. The molecule has 1 rings (SSSR count). The highest BCUT2D eigenvalue weighted by Crippen LogP contribution is 2.11. The highest BCUT2D eigenvalue weighted by atomic mass is 16.5. The van der Waals surface area contributed by atoms with Crippen molar-refractivity contribution in [2.45, 2.75) is 34.1 Å². The third-order valence-corrected chi connectivity index (χ3v) is 4.48. The second-order valence-corrected chi connectivity index (χ2v) is 6.42. The van der Waals surface area contributed by atoms with E-state index in [2.05, 4.69) is 18.7 Å². The second kappa shape index (κ2) is 10.9. The normalized spacial score (nSPS) is 12.1. The number of esters is 1. The average molecular weight is 348 g/mol. The first-order valence-corrected chi connectivity index (χ1v) is 9.09. The van der Waals surface area contributed by atoms with Crippen molar-refractivity contribution in [1.29, 1.82) is 0 Å². The van der Waals surface area contributed by atoms with E-state index in [4.69, 9.17) is 4.74 Å². The number of carbonyl (C=O) groups excluding carboxylic acids is 2. The van der Waals surface area contributed by atoms with Crippen LogP contribution < -0.4 is 0 Å². The van der Waals surface area contributed by atoms with Crippen LogP contribution in [0.4, 0.5) is 0 Å². The Morgan fingerprint density at radius 2 is 1.68 bits per heavy atom. The Bertz CT molecular complexity index is 538. The van der Waals surface area contributed by atoms with E-state index in [1.165, 1.54) is 7.11 Å². The Balaban J connectivity index is 2.80. The largest absolute Gasteiger partial charge is 0.469 e. The SMILES string of the molecule is CCN(CC)CCCN(CC(C)C(=O)OC)C(=O)c1ccc(C)cc1. The van der Waals surface area contributed by atoms with E-state index in [0.29, 0.717) is 18.7 Å². The molecule has 1 aromatic rings. The quantitative estimate of drug-likeness (QED) is 0.610. The molecule has 1 atom stereocenters. The van der Waals surface area contributed by atoms with Gasteiger partial charge < -0.3 is 14.5 Å². The molecule has 0 heterocycles. The molecule has 0 bridgehead atoms. The molecule has 0 aliphatic rings. The van der Waals surface area contributed by atoms with Gasteiger partial charge in [-0.25, -0.2) is 0 Å². The van der Waals surface area contributed by atoms with Crippen LogP contribution in [-0.2, 0) is 9.53 Å². The number of nitrogens with zero attached hydrogens (tertiary/aromatic N) is 2. The molecule has 0 fully saturated rings. The molecule has 5 heteroatoms. The summed E-state index contributed by atoms with van der Waals surface area (Å²) in [6, 6.07) is 7.56. The van der Waals surface area contributed by atoms with E-state index in [1.54, 1.807) is 11.8 Å². The van der Waals surface area contributed by atoms with Crippen molar-refractivity contribution in [1.82, 2.24) is 9.80 Å². The van der Waals surface area contributed by atoms with Crippen LogP contribution >= 0.6 is 0 Å². The maximum atomic E-state index is 12.9. The van der Waals surface area contributed by atoms with Crippen LogP contribution in [0.3, 0.4) is 0 Å². The molecule has 5 nitrogen and oxygen atoms in total. The monoisotopic (exact) mass is 348 g/mol. The Hall–Kier alpha value is -1.88. The second-order valence-electron chi connectivity index (χ2n) is 6.42. The summed E-state index contributed by atoms with van der Waals surface area (Å²) in [5.41, 5.74) is 1.78. The molecular weight excluding hydrogens is 316 g/mol. The number of methoxy groups -OCH3 is 1. The lowest BCUT2D eigenvalue weighted by atomic mass is 10.1. The van der Waals surface area contributed by atoms with E-state index in [1.807, 2.05) is 31.2 Å². The molecule has 0 saturated carbocycles. The molecule has 0 radical (unpaired) electrons. The van der Waals surface area contributed by atoms with Gasteiger partial charge in [0.1, 0.15) is 0 Å². The first kappa shape index (κ1) is 21.2. The predicted molar refractivity (Wildman–Crippen MR) is 101 cm³/mol. The summed E-state index contributed by atoms with van der Waals surface area (Å²) in [7, 11) is 1.38. The van der Waals surface area contributed by atoms with Gasteiger partial charge in [0.2, 0.25) is 0 Å². The Kier molecular flexibility index (Phi) is 9.21. The van der Waals surface area contributed by atoms with Gasteiger partial charge >= 0.3 is 5.97 Å². The molecule has 0 saturated heterocycles. The van der Waals surface area contributed by atoms with Gasteiger partial charge in [-0.15, -0.1) is 0 Å². The number of hydrogen-bond acceptors (Lipinski definition) is 4. The first-order chi connectivity index (χ1) is 11.9. The molecule has 25 heavy (non-hydrogen) atoms. The number of ether oxygens (including phenoxy) is 1. The Labute approximate surface area is 151 Å². The Morgan fingerprint density at radius 3 is 2.20 bits per heavy atom. The molecule has 1 aromatic carbocycles. The van der Waals surface area contributed by atoms with E-state index in [-0.39, 0.29) is 17.8 Å². The lowest BCUT2D eigenvalue weighted by Gasteiger charge is -2.27. The lowest BCUT2D eigenvalue weighted by molar-refractivity contribution is -0.145. The number of amides is 1. The summed E-state index contributed by atoms with van der Waals surface area (Å²) in [6.07, 6.45) is 0.882. The summed E-state index contributed by atoms with van der Waals surface area (Å²) in [6.45, 7) is 12.0. The Morgan fingerprint density at radius 1 is 1.08 bits per heavy atom. The molecule has 1 unspecified atom stereocenters. The molecule has 0 N–H and O–H groups in total. The van der Waals surface area contributed by atoms with Crippen LogP contribution in [0.25, 0.3) is 0 Å². The summed E-state index contributed by atoms with van der Waals surface area (Å²) in [4.78, 5) is 28.7. The van der Waals surface area contributed by atoms with Gasteiger partial charge in [-0.3, -0.25) is 9.59 Å². The summed E-state index contributed by atoms with van der Waals surface area (Å²) in [5, 5.41) is 0. The fourth-order valence-corrected chi connectivity index (χ4v) is 2.79. The molecule has 0 aliphatic carbocycles. The van der Waals surface area contributed by atoms with Crippen molar-refractivity contribution in [3.63, 3.8) is 0 Å². The van der Waals surface area contributed by atoms with E-state index >= 15 is 0 Å². The van der Waals surface area contributed by atoms with Crippen LogP contribution in [0, 0.1) is 12.8 Å². The average Bonchev–Trinajstić information content (AvgIpc) is 2.63. The van der Waals surface area contributed by atoms with Crippen molar-refractivity contribution in [2.75, 3.05) is 39.8 Å². The molecule has 1 amide bonds. The minimum atomic E-state index is -0.340. The van der Waals surface area contributed by atoms with Crippen molar-refractivity contribution >= 4 is 11.9 Å². The molecular formula is C20H32N2O3. The van der Waals surface area contributed by atoms with Gasteiger partial charge in [-0.2, -0.15) is 0 Å². The molecule has 0 spiro atoms. The third-order valence-electron chi connectivity index (χ3n) is 4.48. The van der Waals surface area contributed by atoms with Crippen LogP contribution in [0.5, 0.6) is 0 Å². The highest BCUT2D eigenvalue weighted by Gasteiger charge is 2.22. The number of hydrogen-bond donors (Lipinski definition) is 0. The fourth-order valence-electron chi connectivity index (χ4n) is 2.79. The van der Waals surface area contributed by atoms with Crippen molar-refractivity contribution in [3.05, 3.63) is 35.4 Å². The van der Waals surface area contributed by atoms with Crippen molar-refractivity contribution < 1.29 is 14.3 Å². The van der Waals surface area contributed by atoms with Crippen LogP contribution in [0.1, 0.15) is 43.1 Å². The van der Waals surface area contributed by atoms with Crippen LogP contribution in [0.2, 0.25) is 0 Å². The van der Waals surface area contributed by atoms with Gasteiger partial charge in [-0.1, -0.05) is 38.5 Å². The maximum absolute atomic E-state index is 12.9. The summed E-state index contributed by atoms with van der Waals surface area (Å²) in [5.74, 6) is -0.659.